The Labute approximate surface area is 83.3 Å². The first-order valence-electron chi connectivity index (χ1n) is 5.73. The monoisotopic (exact) mass is 183 g/mol. The summed E-state index contributed by atoms with van der Waals surface area (Å²) >= 11 is 0. The van der Waals surface area contributed by atoms with Gasteiger partial charge in [0, 0.05) is 0 Å². The van der Waals surface area contributed by atoms with Crippen molar-refractivity contribution in [2.75, 3.05) is 13.1 Å². The molecular weight excluding hydrogens is 158 g/mol. The molecule has 0 amide bonds. The highest BCUT2D eigenvalue weighted by atomic mass is 14.9. The van der Waals surface area contributed by atoms with Crippen molar-refractivity contribution >= 4 is 0 Å². The van der Waals surface area contributed by atoms with Gasteiger partial charge in [-0.15, -0.1) is 0 Å². The summed E-state index contributed by atoms with van der Waals surface area (Å²) < 4.78 is 0. The number of piperidine rings is 1. The predicted octanol–water partition coefficient (Wildman–Crippen LogP) is 3.06. The Morgan fingerprint density at radius 3 is 2.23 bits per heavy atom. The van der Waals surface area contributed by atoms with Crippen molar-refractivity contribution < 1.29 is 0 Å². The Hall–Kier alpha value is -0.0400. The van der Waals surface area contributed by atoms with Gasteiger partial charge in [-0.2, -0.15) is 0 Å². The first-order chi connectivity index (χ1) is 6.02. The largest absolute Gasteiger partial charge is 0.317 e. The van der Waals surface area contributed by atoms with Crippen molar-refractivity contribution in [1.29, 1.82) is 0 Å². The Morgan fingerprint density at radius 2 is 1.77 bits per heavy atom. The van der Waals surface area contributed by atoms with Crippen LogP contribution in [0, 0.1) is 17.3 Å². The molecule has 0 bridgehead atoms. The summed E-state index contributed by atoms with van der Waals surface area (Å²) in [7, 11) is 0. The van der Waals surface area contributed by atoms with Gasteiger partial charge in [0.15, 0.2) is 0 Å². The van der Waals surface area contributed by atoms with Crippen LogP contribution < -0.4 is 5.32 Å². The maximum Gasteiger partial charge on any atom is -0.00461 e. The second kappa shape index (κ2) is 4.45. The van der Waals surface area contributed by atoms with Gasteiger partial charge in [0.2, 0.25) is 0 Å². The van der Waals surface area contributed by atoms with Crippen LogP contribution in [-0.4, -0.2) is 13.1 Å². The maximum absolute atomic E-state index is 3.44. The molecule has 13 heavy (non-hydrogen) atoms. The highest BCUT2D eigenvalue weighted by Crippen LogP contribution is 2.38. The number of nitrogens with one attached hydrogen (secondary N) is 1. The van der Waals surface area contributed by atoms with Gasteiger partial charge < -0.3 is 5.32 Å². The molecule has 1 saturated heterocycles. The first kappa shape index (κ1) is 11.0. The van der Waals surface area contributed by atoms with Gasteiger partial charge in [0.1, 0.15) is 0 Å². The molecule has 1 aliphatic rings. The predicted molar refractivity (Wildman–Crippen MR) is 58.8 cm³/mol. The fraction of sp³-hybridized carbons (Fsp3) is 1.00. The van der Waals surface area contributed by atoms with Crippen LogP contribution in [0.3, 0.4) is 0 Å². The topological polar surface area (TPSA) is 12.0 Å². The third-order valence-electron chi connectivity index (χ3n) is 3.38. The van der Waals surface area contributed by atoms with Crippen LogP contribution in [-0.2, 0) is 0 Å². The maximum atomic E-state index is 3.44. The summed E-state index contributed by atoms with van der Waals surface area (Å²) in [4.78, 5) is 0. The van der Waals surface area contributed by atoms with E-state index in [4.69, 9.17) is 0 Å². The summed E-state index contributed by atoms with van der Waals surface area (Å²) in [5.41, 5.74) is 0.552. The van der Waals surface area contributed by atoms with Gasteiger partial charge in [-0.1, -0.05) is 27.7 Å². The molecule has 1 fully saturated rings. The molecule has 0 aromatic carbocycles. The Morgan fingerprint density at radius 1 is 1.23 bits per heavy atom. The SMILES string of the molecule is CC(C)CC(C)(C)C1CCNCC1. The molecular formula is C12H25N. The van der Waals surface area contributed by atoms with E-state index in [2.05, 4.69) is 33.0 Å². The van der Waals surface area contributed by atoms with E-state index in [1.54, 1.807) is 0 Å². The van der Waals surface area contributed by atoms with E-state index in [1.165, 1.54) is 32.4 Å². The number of hydrogen-bond donors (Lipinski definition) is 1. The van der Waals surface area contributed by atoms with Crippen LogP contribution in [0.15, 0.2) is 0 Å². The molecule has 1 N–H and O–H groups in total. The van der Waals surface area contributed by atoms with E-state index in [9.17, 15) is 0 Å². The van der Waals surface area contributed by atoms with Gasteiger partial charge in [-0.25, -0.2) is 0 Å². The van der Waals surface area contributed by atoms with Crippen LogP contribution in [0.25, 0.3) is 0 Å². The van der Waals surface area contributed by atoms with E-state index in [0.717, 1.165) is 11.8 Å². The van der Waals surface area contributed by atoms with Crippen LogP contribution in [0.4, 0.5) is 0 Å². The van der Waals surface area contributed by atoms with Gasteiger partial charge in [0.05, 0.1) is 0 Å². The minimum atomic E-state index is 0.552. The zero-order chi connectivity index (χ0) is 9.90. The molecule has 1 nitrogen and oxygen atoms in total. The van der Waals surface area contributed by atoms with E-state index < -0.39 is 0 Å². The van der Waals surface area contributed by atoms with Gasteiger partial charge >= 0.3 is 0 Å². The molecule has 0 aromatic rings. The molecule has 0 saturated carbocycles. The lowest BCUT2D eigenvalue weighted by Crippen LogP contribution is -2.36. The fourth-order valence-electron chi connectivity index (χ4n) is 2.82. The zero-order valence-electron chi connectivity index (χ0n) is 9.69. The summed E-state index contributed by atoms with van der Waals surface area (Å²) in [6.07, 6.45) is 4.12. The van der Waals surface area contributed by atoms with Crippen LogP contribution in [0.2, 0.25) is 0 Å². The average Bonchev–Trinajstić information content (AvgIpc) is 2.04. The normalized spacial score (nSPS) is 21.0. The van der Waals surface area contributed by atoms with Crippen LogP contribution >= 0.6 is 0 Å². The summed E-state index contributed by atoms with van der Waals surface area (Å²) in [6, 6.07) is 0. The second-order valence-electron chi connectivity index (χ2n) is 5.61. The molecule has 1 heterocycles. The van der Waals surface area contributed by atoms with Crippen molar-refractivity contribution in [3.8, 4) is 0 Å². The quantitative estimate of drug-likeness (QED) is 0.709. The van der Waals surface area contributed by atoms with E-state index in [0.29, 0.717) is 5.41 Å². The lowest BCUT2D eigenvalue weighted by Gasteiger charge is -2.38. The highest BCUT2D eigenvalue weighted by molar-refractivity contribution is 4.82. The van der Waals surface area contributed by atoms with Crippen LogP contribution in [0.5, 0.6) is 0 Å². The van der Waals surface area contributed by atoms with E-state index in [-0.39, 0.29) is 0 Å². The lowest BCUT2D eigenvalue weighted by molar-refractivity contribution is 0.135. The smallest absolute Gasteiger partial charge is 0.00461 e. The third kappa shape index (κ3) is 3.30. The summed E-state index contributed by atoms with van der Waals surface area (Å²) in [5.74, 6) is 1.78. The van der Waals surface area contributed by atoms with Crippen molar-refractivity contribution in [2.45, 2.75) is 47.0 Å². The molecule has 0 atom stereocenters. The van der Waals surface area contributed by atoms with Gasteiger partial charge in [-0.3, -0.25) is 0 Å². The third-order valence-corrected chi connectivity index (χ3v) is 3.38. The molecule has 1 rings (SSSR count). The molecule has 0 unspecified atom stereocenters. The van der Waals surface area contributed by atoms with Gasteiger partial charge in [0.25, 0.3) is 0 Å². The minimum absolute atomic E-state index is 0.552. The standard InChI is InChI=1S/C12H25N/c1-10(2)9-12(3,4)11-5-7-13-8-6-11/h10-11,13H,5-9H2,1-4H3. The summed E-state index contributed by atoms with van der Waals surface area (Å²) in [5, 5.41) is 3.44. The molecule has 0 radical (unpaired) electrons. The Kier molecular flexibility index (Phi) is 3.78. The van der Waals surface area contributed by atoms with Crippen molar-refractivity contribution in [1.82, 2.24) is 5.32 Å². The van der Waals surface area contributed by atoms with Crippen molar-refractivity contribution in [3.63, 3.8) is 0 Å². The minimum Gasteiger partial charge on any atom is -0.317 e. The number of rotatable bonds is 3. The van der Waals surface area contributed by atoms with Crippen LogP contribution in [0.1, 0.15) is 47.0 Å². The zero-order valence-corrected chi connectivity index (χ0v) is 9.69. The van der Waals surface area contributed by atoms with Gasteiger partial charge in [-0.05, 0) is 49.6 Å². The molecule has 0 aromatic heterocycles. The lowest BCUT2D eigenvalue weighted by atomic mass is 9.70. The molecule has 0 spiro atoms. The molecule has 1 aliphatic heterocycles. The fourth-order valence-corrected chi connectivity index (χ4v) is 2.82. The van der Waals surface area contributed by atoms with E-state index in [1.807, 2.05) is 0 Å². The van der Waals surface area contributed by atoms with E-state index >= 15 is 0 Å². The highest BCUT2D eigenvalue weighted by Gasteiger charge is 2.30. The Bertz CT molecular complexity index is 143. The molecule has 78 valence electrons. The number of hydrogen-bond acceptors (Lipinski definition) is 1. The van der Waals surface area contributed by atoms with Crippen molar-refractivity contribution in [2.24, 2.45) is 17.3 Å². The van der Waals surface area contributed by atoms with Crippen molar-refractivity contribution in [3.05, 3.63) is 0 Å². The average molecular weight is 183 g/mol. The second-order valence-corrected chi connectivity index (χ2v) is 5.61. The molecule has 0 aliphatic carbocycles. The first-order valence-corrected chi connectivity index (χ1v) is 5.73. The summed E-state index contributed by atoms with van der Waals surface area (Å²) in [6.45, 7) is 12.0. The molecule has 1 heteroatoms. The Balaban J connectivity index is 2.45.